The molecule has 0 spiro atoms. The summed E-state index contributed by atoms with van der Waals surface area (Å²) in [4.78, 5) is 0.102. The number of hydrogen-bond donors (Lipinski definition) is 1. The van der Waals surface area contributed by atoms with Gasteiger partial charge in [0.05, 0.1) is 0 Å². The summed E-state index contributed by atoms with van der Waals surface area (Å²) in [5.74, 6) is 0.645. The molecule has 0 radical (unpaired) electrons. The molecule has 0 aliphatic rings. The molecule has 0 saturated carbocycles. The van der Waals surface area contributed by atoms with Crippen LogP contribution < -0.4 is 4.74 Å². The Morgan fingerprint density at radius 1 is 1.18 bits per heavy atom. The van der Waals surface area contributed by atoms with Crippen LogP contribution >= 0.6 is 11.8 Å². The number of thioether (sulfide) groups is 1. The first-order valence-corrected chi connectivity index (χ1v) is 5.24. The molecule has 0 atom stereocenters. The monoisotopic (exact) mass is 261 g/mol. The van der Waals surface area contributed by atoms with Crippen molar-refractivity contribution in [2.45, 2.75) is 10.4 Å². The summed E-state index contributed by atoms with van der Waals surface area (Å²) in [6.45, 7) is 0. The van der Waals surface area contributed by atoms with Gasteiger partial charge in [0, 0.05) is 4.90 Å². The lowest BCUT2D eigenvalue weighted by Gasteiger charge is -2.06. The van der Waals surface area contributed by atoms with E-state index in [9.17, 15) is 13.2 Å². The molecule has 0 fully saturated rings. The molecule has 17 heavy (non-hydrogen) atoms. The number of hydrogen-bond acceptors (Lipinski definition) is 4. The summed E-state index contributed by atoms with van der Waals surface area (Å²) in [6, 6.07) is 5.52. The van der Waals surface area contributed by atoms with Crippen molar-refractivity contribution in [1.29, 1.82) is 0 Å². The van der Waals surface area contributed by atoms with Gasteiger partial charge < -0.3 is 4.74 Å². The quantitative estimate of drug-likeness (QED) is 0.862. The van der Waals surface area contributed by atoms with E-state index >= 15 is 0 Å². The van der Waals surface area contributed by atoms with Gasteiger partial charge >= 0.3 is 5.51 Å². The summed E-state index contributed by atoms with van der Waals surface area (Å²) >= 11 is -0.172. The highest BCUT2D eigenvalue weighted by atomic mass is 32.2. The highest BCUT2D eigenvalue weighted by Gasteiger charge is 2.29. The van der Waals surface area contributed by atoms with E-state index in [-0.39, 0.29) is 22.5 Å². The minimum absolute atomic E-state index is 0.102. The molecule has 1 aromatic carbocycles. The van der Waals surface area contributed by atoms with Crippen molar-refractivity contribution >= 4 is 11.8 Å². The molecule has 0 amide bonds. The predicted molar refractivity (Wildman–Crippen MR) is 54.8 cm³/mol. The first-order chi connectivity index (χ1) is 8.03. The van der Waals surface area contributed by atoms with Crippen LogP contribution in [0.4, 0.5) is 13.2 Å². The van der Waals surface area contributed by atoms with E-state index in [1.807, 2.05) is 0 Å². The molecule has 2 rings (SSSR count). The van der Waals surface area contributed by atoms with Crippen molar-refractivity contribution in [2.75, 3.05) is 0 Å². The van der Waals surface area contributed by atoms with Crippen LogP contribution in [0.1, 0.15) is 0 Å². The average molecular weight is 261 g/mol. The van der Waals surface area contributed by atoms with Crippen LogP contribution in [0.2, 0.25) is 0 Å². The van der Waals surface area contributed by atoms with Crippen LogP contribution in [-0.2, 0) is 0 Å². The maximum absolute atomic E-state index is 12.1. The maximum Gasteiger partial charge on any atom is 0.446 e. The van der Waals surface area contributed by atoms with Gasteiger partial charge in [-0.1, -0.05) is 0 Å². The first-order valence-electron chi connectivity index (χ1n) is 4.42. The third-order valence-electron chi connectivity index (χ3n) is 1.67. The number of rotatable bonds is 3. The first kappa shape index (κ1) is 11.8. The lowest BCUT2D eigenvalue weighted by Crippen LogP contribution is -1.98. The topological polar surface area (TPSA) is 50.8 Å². The van der Waals surface area contributed by atoms with Gasteiger partial charge in [-0.25, -0.2) is 0 Å². The molecule has 0 unspecified atom stereocenters. The van der Waals surface area contributed by atoms with Crippen LogP contribution in [0, 0.1) is 0 Å². The number of aromatic amines is 1. The molecule has 2 aromatic rings. The molecule has 1 aromatic heterocycles. The third kappa shape index (κ3) is 3.66. The highest BCUT2D eigenvalue weighted by molar-refractivity contribution is 8.00. The van der Waals surface area contributed by atoms with Crippen LogP contribution in [0.5, 0.6) is 11.6 Å². The second-order valence-electron chi connectivity index (χ2n) is 2.93. The lowest BCUT2D eigenvalue weighted by atomic mass is 10.3. The van der Waals surface area contributed by atoms with Gasteiger partial charge in [0.15, 0.2) is 0 Å². The molecule has 1 N–H and O–H groups in total. The van der Waals surface area contributed by atoms with Gasteiger partial charge in [0.25, 0.3) is 5.88 Å². The minimum Gasteiger partial charge on any atom is -0.436 e. The Kier molecular flexibility index (Phi) is 3.23. The van der Waals surface area contributed by atoms with Crippen molar-refractivity contribution in [1.82, 2.24) is 15.4 Å². The summed E-state index contributed by atoms with van der Waals surface area (Å²) in [5.41, 5.74) is -4.28. The van der Waals surface area contributed by atoms with E-state index in [1.165, 1.54) is 30.5 Å². The summed E-state index contributed by atoms with van der Waals surface area (Å²) in [5, 5.41) is 9.53. The Hall–Kier alpha value is -1.70. The van der Waals surface area contributed by atoms with E-state index in [1.54, 1.807) is 0 Å². The molecule has 4 nitrogen and oxygen atoms in total. The van der Waals surface area contributed by atoms with Crippen LogP contribution in [0.3, 0.4) is 0 Å². The normalized spacial score (nSPS) is 11.5. The number of alkyl halides is 3. The fraction of sp³-hybridized carbons (Fsp3) is 0.111. The zero-order chi connectivity index (χ0) is 12.3. The van der Waals surface area contributed by atoms with Gasteiger partial charge in [-0.2, -0.15) is 23.5 Å². The van der Waals surface area contributed by atoms with Gasteiger partial charge in [-0.15, -0.1) is 5.10 Å². The Morgan fingerprint density at radius 3 is 2.41 bits per heavy atom. The van der Waals surface area contributed by atoms with E-state index in [0.717, 1.165) is 0 Å². The minimum atomic E-state index is -4.28. The Balaban J connectivity index is 2.03. The molecule has 0 aliphatic carbocycles. The number of nitrogens with one attached hydrogen (secondary N) is 1. The Labute approximate surface area is 98.2 Å². The summed E-state index contributed by atoms with van der Waals surface area (Å²) in [6.07, 6.45) is 1.36. The van der Waals surface area contributed by atoms with Crippen LogP contribution in [-0.4, -0.2) is 20.9 Å². The fourth-order valence-electron chi connectivity index (χ4n) is 1.07. The highest BCUT2D eigenvalue weighted by Crippen LogP contribution is 2.37. The number of nitrogens with zero attached hydrogens (tertiary/aromatic N) is 2. The van der Waals surface area contributed by atoms with Crippen molar-refractivity contribution in [3.05, 3.63) is 30.5 Å². The van der Waals surface area contributed by atoms with Gasteiger partial charge in [-0.05, 0) is 36.0 Å². The molecule has 90 valence electrons. The average Bonchev–Trinajstić information content (AvgIpc) is 2.71. The van der Waals surface area contributed by atoms with Crippen molar-refractivity contribution in [3.8, 4) is 11.6 Å². The fourth-order valence-corrected chi connectivity index (χ4v) is 1.61. The molecule has 0 aliphatic heterocycles. The SMILES string of the molecule is FC(F)(F)Sc1ccc(Oc2cn[nH]n2)cc1. The molecule has 8 heteroatoms. The van der Waals surface area contributed by atoms with E-state index in [2.05, 4.69) is 15.4 Å². The molecular weight excluding hydrogens is 255 g/mol. The van der Waals surface area contributed by atoms with Crippen LogP contribution in [0.15, 0.2) is 35.4 Å². The summed E-state index contributed by atoms with van der Waals surface area (Å²) in [7, 11) is 0. The number of halogens is 3. The zero-order valence-electron chi connectivity index (χ0n) is 8.23. The smallest absolute Gasteiger partial charge is 0.436 e. The summed E-state index contributed by atoms with van der Waals surface area (Å²) < 4.78 is 41.4. The second-order valence-corrected chi connectivity index (χ2v) is 4.07. The van der Waals surface area contributed by atoms with E-state index < -0.39 is 5.51 Å². The van der Waals surface area contributed by atoms with Crippen molar-refractivity contribution in [3.63, 3.8) is 0 Å². The van der Waals surface area contributed by atoms with Crippen LogP contribution in [0.25, 0.3) is 0 Å². The third-order valence-corrected chi connectivity index (χ3v) is 2.41. The number of benzene rings is 1. The van der Waals surface area contributed by atoms with Gasteiger partial charge in [0.1, 0.15) is 11.9 Å². The van der Waals surface area contributed by atoms with Gasteiger partial charge in [0.2, 0.25) is 0 Å². The molecule has 0 saturated heterocycles. The lowest BCUT2D eigenvalue weighted by molar-refractivity contribution is -0.0328. The number of H-pyrrole nitrogens is 1. The number of aromatic nitrogens is 3. The van der Waals surface area contributed by atoms with Gasteiger partial charge in [-0.3, -0.25) is 0 Å². The van der Waals surface area contributed by atoms with Crippen molar-refractivity contribution in [2.24, 2.45) is 0 Å². The van der Waals surface area contributed by atoms with E-state index in [0.29, 0.717) is 5.75 Å². The maximum atomic E-state index is 12.1. The predicted octanol–water partition coefficient (Wildman–Crippen LogP) is 3.21. The largest absolute Gasteiger partial charge is 0.446 e. The zero-order valence-corrected chi connectivity index (χ0v) is 9.05. The van der Waals surface area contributed by atoms with E-state index in [4.69, 9.17) is 4.74 Å². The molecule has 1 heterocycles. The Bertz CT molecular complexity index is 469. The second kappa shape index (κ2) is 4.66. The molecule has 0 bridgehead atoms. The standard InChI is InChI=1S/C9H6F3N3OS/c10-9(11,12)17-7-3-1-6(2-4-7)16-8-5-13-15-14-8/h1-5H,(H,13,14,15). The molecular formula is C9H6F3N3OS. The van der Waals surface area contributed by atoms with Crippen molar-refractivity contribution < 1.29 is 17.9 Å². The Morgan fingerprint density at radius 2 is 1.88 bits per heavy atom. The number of ether oxygens (including phenoxy) is 1.